The molecule has 3 fully saturated rings. The summed E-state index contributed by atoms with van der Waals surface area (Å²) in [5.74, 6) is -3.73. The Balaban J connectivity index is 0.000000271. The van der Waals surface area contributed by atoms with Crippen LogP contribution in [0.5, 0.6) is 0 Å². The van der Waals surface area contributed by atoms with Gasteiger partial charge in [0.15, 0.2) is 0 Å². The number of amides is 3. The molecule has 3 saturated heterocycles. The number of aliphatic hydroxyl groups excluding tert-OH is 11. The van der Waals surface area contributed by atoms with Gasteiger partial charge in [-0.25, -0.2) is 14.4 Å². The summed E-state index contributed by atoms with van der Waals surface area (Å²) in [6.45, 7) is 16.3. The lowest BCUT2D eigenvalue weighted by Crippen LogP contribution is -2.54. The molecule has 0 aliphatic carbocycles. The number of fused-ring (bicyclic) bond motifs is 3. The first-order chi connectivity index (χ1) is 63.0. The van der Waals surface area contributed by atoms with Gasteiger partial charge in [-0.05, 0) is 127 Å². The van der Waals surface area contributed by atoms with E-state index in [2.05, 4.69) is 30.9 Å². The number of anilines is 3. The van der Waals surface area contributed by atoms with E-state index in [4.69, 9.17) is 28.4 Å². The summed E-state index contributed by atoms with van der Waals surface area (Å²) in [6.07, 6.45) is 15.9. The summed E-state index contributed by atoms with van der Waals surface area (Å²) in [6, 6.07) is 0. The van der Waals surface area contributed by atoms with Crippen molar-refractivity contribution in [1.82, 2.24) is 15.0 Å². The molecule has 736 valence electrons. The Hall–Kier alpha value is -7.46. The Kier molecular flexibility index (Phi) is 49.2. The van der Waals surface area contributed by atoms with Crippen LogP contribution in [0.4, 0.5) is 17.1 Å². The number of rotatable bonds is 51. The lowest BCUT2D eigenvalue weighted by molar-refractivity contribution is -0.187. The third-order valence-electron chi connectivity index (χ3n) is 23.8. The first-order valence-corrected chi connectivity index (χ1v) is 52.2. The third-order valence-corrected chi connectivity index (χ3v) is 30.1. The predicted octanol–water partition coefficient (Wildman–Crippen LogP) is 11.7. The molecule has 39 heteroatoms. The lowest BCUT2D eigenvalue weighted by atomic mass is 9.86. The van der Waals surface area contributed by atoms with Crippen LogP contribution in [0.15, 0.2) is 102 Å². The molecule has 0 aromatic heterocycles. The number of carbonyl (C=O) groups excluding carboxylic acids is 7. The molecule has 0 saturated carbocycles. The SMILES string of the molecule is C/C(=C\C(=O)OCCCCCCCCCC(=O)Nc1c2sscc-2[nH]c1=O)C(O)C1OCC(C/C=C/C(C)C(C)O)C(O)C1O.CC(=O)C(C)/C=C/CC1COC(C(O)/C(C)=C/C(=O)OCCCCCCCC(=O)Nc2c3sscc-3[nH]c2=O)C(O)C1O.CCC(O)C(C)/C=C/CC1COC(C(O)/C(C)=C/C(=O)OCCCCCCCC(=O)Nc2c3sscc-3[nH]c2=O)C(O)C1O. The van der Waals surface area contributed by atoms with Gasteiger partial charge in [-0.2, -0.15) is 0 Å². The molecule has 0 bridgehead atoms. The number of hydrogen-bond acceptors (Lipinski definition) is 33. The number of aromatic amines is 3. The van der Waals surface area contributed by atoms with Gasteiger partial charge in [0.1, 0.15) is 77.8 Å². The number of H-pyrrole nitrogens is 3. The van der Waals surface area contributed by atoms with Gasteiger partial charge in [0.2, 0.25) is 17.7 Å². The van der Waals surface area contributed by atoms with Crippen molar-refractivity contribution in [1.29, 1.82) is 0 Å². The van der Waals surface area contributed by atoms with Crippen LogP contribution in [0.3, 0.4) is 0 Å². The zero-order valence-corrected chi connectivity index (χ0v) is 81.5. The van der Waals surface area contributed by atoms with Gasteiger partial charge in [-0.15, -0.1) is 0 Å². The van der Waals surface area contributed by atoms with E-state index in [0.29, 0.717) is 94.1 Å². The molecule has 0 aromatic rings. The molecule has 3 amide bonds. The highest BCUT2D eigenvalue weighted by atomic mass is 32.9. The Morgan fingerprint density at radius 2 is 0.697 bits per heavy atom. The van der Waals surface area contributed by atoms with Crippen LogP contribution in [0, 0.1) is 35.5 Å². The van der Waals surface area contributed by atoms with Crippen molar-refractivity contribution >= 4 is 121 Å². The largest absolute Gasteiger partial charge is 0.463 e. The maximum atomic E-state index is 12.3. The number of esters is 3. The molecule has 17 N–H and O–H groups in total. The summed E-state index contributed by atoms with van der Waals surface area (Å²) in [7, 11) is 8.86. The Morgan fingerprint density at radius 1 is 0.417 bits per heavy atom. The summed E-state index contributed by atoms with van der Waals surface area (Å²) in [4.78, 5) is 131. The van der Waals surface area contributed by atoms with Gasteiger partial charge in [-0.3, -0.25) is 33.6 Å². The van der Waals surface area contributed by atoms with E-state index in [1.54, 1.807) is 32.9 Å². The second-order valence-corrected chi connectivity index (χ2v) is 40.7. The van der Waals surface area contributed by atoms with Gasteiger partial charge >= 0.3 is 17.9 Å². The van der Waals surface area contributed by atoms with Crippen molar-refractivity contribution in [3.63, 3.8) is 0 Å². The Morgan fingerprint density at radius 3 is 0.985 bits per heavy atom. The quantitative estimate of drug-likeness (QED) is 0.00421. The summed E-state index contributed by atoms with van der Waals surface area (Å²) >= 11 is 0. The van der Waals surface area contributed by atoms with E-state index in [1.165, 1.54) is 95.0 Å². The molecular weight excluding hydrogens is 1830 g/mol. The Labute approximate surface area is 791 Å². The van der Waals surface area contributed by atoms with Crippen LogP contribution in [-0.2, 0) is 62.0 Å². The zero-order valence-electron chi connectivity index (χ0n) is 76.6. The number of allylic oxidation sites excluding steroid dienone is 4. The van der Waals surface area contributed by atoms with E-state index < -0.39 is 109 Å². The number of aromatic nitrogens is 3. The van der Waals surface area contributed by atoms with Crippen molar-refractivity contribution in [2.75, 3.05) is 55.6 Å². The fraction of sp³-hybridized carbons (Fsp3) is 0.634. The van der Waals surface area contributed by atoms with E-state index >= 15 is 0 Å². The highest BCUT2D eigenvalue weighted by Gasteiger charge is 2.45. The molecule has 9 heterocycles. The molecule has 20 atom stereocenters. The molecule has 132 heavy (non-hydrogen) atoms. The highest BCUT2D eigenvalue weighted by molar-refractivity contribution is 7.71. The predicted molar refractivity (Wildman–Crippen MR) is 512 cm³/mol. The number of aliphatic hydroxyl groups is 11. The second-order valence-electron chi connectivity index (χ2n) is 34.5. The number of Topliss-reactive ketones (excluding diaryl/α,β-unsaturated/α-hetero) is 1. The molecule has 0 radical (unpaired) electrons. The lowest BCUT2D eigenvalue weighted by Gasteiger charge is -2.39. The fourth-order valence-electron chi connectivity index (χ4n) is 15.0. The van der Waals surface area contributed by atoms with Crippen LogP contribution in [-0.4, -0.2) is 238 Å². The molecule has 0 spiro atoms. The van der Waals surface area contributed by atoms with Gasteiger partial charge < -0.3 is 115 Å². The maximum Gasteiger partial charge on any atom is 0.330 e. The number of hydrogen-bond donors (Lipinski definition) is 17. The van der Waals surface area contributed by atoms with Crippen LogP contribution in [0.25, 0.3) is 31.7 Å². The average molecular weight is 1960 g/mol. The standard InChI is InChI=1S/C32H48N2O9S2.C31H46N2O9S2.C30H42N2O9S2/c1-19(21(3)35)12-11-13-22-17-43-30(29(40)28(22)39)27(38)20(2)16-25(37)42-15-10-8-6-4-5-7-9-14-24(36)34-26-31-23(18-44-45-31)33-32(26)41;1-4-22(34)18(2)11-10-12-20-16-42-29(28(39)27(20)38)26(37)19(3)15-24(36)41-14-9-7-5-6-8-13-23(35)33-25-30-21(17-43-44-30)32-31(25)40;1-17(19(3)33)10-9-11-20-15-41-28(27(38)26(20)37)25(36)18(2)14-23(35)40-13-8-6-4-5-7-12-22(34)32-24-29-21(16-42-43-29)31-30(24)39/h11-12,16,18-19,21-22,27-30,35,38-40H,4-10,13-15,17H2,1-3H3,(H,33,41)(H,34,36);10-11,15,17-18,20,22,26-29,34,37-39H,4-9,12-14,16H2,1-3H3,(H,32,40)(H,33,35);9-10,14,16-17,20,25-28,36-38H,4-8,11-13,15H2,1-3H3,(H,31,39)(H,32,34)/b12-11+,20-16+;11-10+,19-15+;10-9+,18-14+. The minimum atomic E-state index is -1.35. The molecule has 0 aromatic carbocycles. The molecule has 33 nitrogen and oxygen atoms in total. The van der Waals surface area contributed by atoms with Crippen LogP contribution in [0.2, 0.25) is 0 Å². The minimum absolute atomic E-state index is 0.0247. The summed E-state index contributed by atoms with van der Waals surface area (Å²) in [5.41, 5.74) is 3.18. The highest BCUT2D eigenvalue weighted by Crippen LogP contribution is 2.39. The molecule has 9 rings (SSSR count). The number of carbonyl (C=O) groups is 7. The van der Waals surface area contributed by atoms with Crippen LogP contribution >= 0.6 is 62.0 Å². The van der Waals surface area contributed by atoms with Crippen molar-refractivity contribution in [3.05, 3.63) is 119 Å². The van der Waals surface area contributed by atoms with E-state index in [0.717, 1.165) is 115 Å². The molecular formula is C93H136N6O27S6. The molecule has 9 aliphatic rings. The topological polar surface area (TPSA) is 532 Å². The number of unbranched alkanes of at least 4 members (excludes halogenated alkanes) is 14. The summed E-state index contributed by atoms with van der Waals surface area (Å²) < 4.78 is 32.8. The van der Waals surface area contributed by atoms with Crippen molar-refractivity contribution < 1.29 is 118 Å². The Bertz CT molecular complexity index is 4770. The molecule has 9 aliphatic heterocycles. The van der Waals surface area contributed by atoms with E-state index in [1.807, 2.05) is 61.2 Å². The molecule has 20 unspecified atom stereocenters. The number of nitrogens with one attached hydrogen (secondary N) is 6. The van der Waals surface area contributed by atoms with Gasteiger partial charge in [0, 0.05) is 77.3 Å². The zero-order chi connectivity index (χ0) is 96.7. The summed E-state index contributed by atoms with van der Waals surface area (Å²) in [5, 5.41) is 129. The number of ether oxygens (including phenoxy) is 6. The first kappa shape index (κ1) is 112. The van der Waals surface area contributed by atoms with Gasteiger partial charge in [0.25, 0.3) is 16.7 Å². The normalized spacial score (nSPS) is 22.8. The second kappa shape index (κ2) is 58.2. The third kappa shape index (κ3) is 35.9. The first-order valence-electron chi connectivity index (χ1n) is 45.6. The van der Waals surface area contributed by atoms with Gasteiger partial charge in [-0.1, -0.05) is 197 Å². The van der Waals surface area contributed by atoms with Crippen LogP contribution < -0.4 is 32.6 Å². The smallest absolute Gasteiger partial charge is 0.330 e. The van der Waals surface area contributed by atoms with Crippen LogP contribution in [0.1, 0.15) is 216 Å². The fourth-order valence-corrected chi connectivity index (χ4v) is 21.4. The monoisotopic (exact) mass is 1960 g/mol. The van der Waals surface area contributed by atoms with E-state index in [-0.39, 0.29) is 126 Å². The van der Waals surface area contributed by atoms with Crippen molar-refractivity contribution in [3.8, 4) is 31.7 Å². The van der Waals surface area contributed by atoms with Crippen molar-refractivity contribution in [2.24, 2.45) is 35.5 Å². The van der Waals surface area contributed by atoms with E-state index in [9.17, 15) is 104 Å². The minimum Gasteiger partial charge on any atom is -0.463 e. The average Bonchev–Trinajstić information content (AvgIpc) is 1.73. The van der Waals surface area contributed by atoms with Crippen molar-refractivity contribution in [2.45, 2.75) is 302 Å². The van der Waals surface area contributed by atoms with Gasteiger partial charge in [0.05, 0.1) is 102 Å². The maximum absolute atomic E-state index is 12.3. The number of ketones is 1.